The predicted octanol–water partition coefficient (Wildman–Crippen LogP) is 4.94. The van der Waals surface area contributed by atoms with E-state index in [2.05, 4.69) is 23.5 Å². The number of hydrogen-bond acceptors (Lipinski definition) is 1. The normalized spacial score (nSPS) is 13.8. The molecule has 2 aromatic carbocycles. The molecule has 0 fully saturated rings. The van der Waals surface area contributed by atoms with Crippen molar-refractivity contribution in [2.24, 2.45) is 0 Å². The molecule has 0 amide bonds. The molecule has 1 aliphatic rings. The van der Waals surface area contributed by atoms with Gasteiger partial charge in [0.05, 0.1) is 10.0 Å². The Morgan fingerprint density at radius 3 is 2.58 bits per heavy atom. The van der Waals surface area contributed by atoms with Crippen molar-refractivity contribution in [1.82, 2.24) is 0 Å². The molecule has 1 N–H and O–H groups in total. The summed E-state index contributed by atoms with van der Waals surface area (Å²) in [5.74, 6) is 0. The van der Waals surface area contributed by atoms with Crippen molar-refractivity contribution in [2.45, 2.75) is 19.3 Å². The first-order valence-corrected chi connectivity index (χ1v) is 7.27. The van der Waals surface area contributed by atoms with E-state index in [1.165, 1.54) is 28.8 Å². The van der Waals surface area contributed by atoms with E-state index in [-0.39, 0.29) is 0 Å². The molecule has 1 heterocycles. The summed E-state index contributed by atoms with van der Waals surface area (Å²) < 4.78 is 0. The summed E-state index contributed by atoms with van der Waals surface area (Å²) in [5, 5.41) is 4.67. The Hall–Kier alpha value is -1.18. The monoisotopic (exact) mass is 291 g/mol. The molecule has 0 saturated carbocycles. The van der Waals surface area contributed by atoms with Gasteiger partial charge in [-0.05, 0) is 54.2 Å². The molecule has 0 aliphatic carbocycles. The smallest absolute Gasteiger partial charge is 0.0595 e. The zero-order valence-corrected chi connectivity index (χ0v) is 12.1. The number of rotatable bonds is 2. The fraction of sp³-hybridized carbons (Fsp3) is 0.250. The van der Waals surface area contributed by atoms with Gasteiger partial charge in [-0.2, -0.15) is 0 Å². The molecule has 0 radical (unpaired) electrons. The van der Waals surface area contributed by atoms with Crippen LogP contribution in [-0.2, 0) is 12.8 Å². The zero-order chi connectivity index (χ0) is 13.2. The first-order chi connectivity index (χ1) is 9.22. The van der Waals surface area contributed by atoms with Crippen molar-refractivity contribution in [3.05, 3.63) is 63.1 Å². The van der Waals surface area contributed by atoms with Gasteiger partial charge in [-0.25, -0.2) is 0 Å². The van der Waals surface area contributed by atoms with Crippen LogP contribution in [0.2, 0.25) is 10.0 Å². The van der Waals surface area contributed by atoms with Gasteiger partial charge in [0.25, 0.3) is 0 Å². The third kappa shape index (κ3) is 2.88. The van der Waals surface area contributed by atoms with Crippen LogP contribution in [0.5, 0.6) is 0 Å². The SMILES string of the molecule is Clc1ccc(Cc2ccc3c(c2)CCCN3)cc1Cl. The molecule has 0 unspecified atom stereocenters. The Bertz CT molecular complexity index is 608. The maximum Gasteiger partial charge on any atom is 0.0595 e. The van der Waals surface area contributed by atoms with Gasteiger partial charge >= 0.3 is 0 Å². The largest absolute Gasteiger partial charge is 0.385 e. The predicted molar refractivity (Wildman–Crippen MR) is 82.5 cm³/mol. The molecule has 1 aliphatic heterocycles. The third-order valence-electron chi connectivity index (χ3n) is 3.50. The lowest BCUT2D eigenvalue weighted by Crippen LogP contribution is -2.11. The Labute approximate surface area is 123 Å². The topological polar surface area (TPSA) is 12.0 Å². The summed E-state index contributed by atoms with van der Waals surface area (Å²) in [6, 6.07) is 12.5. The van der Waals surface area contributed by atoms with Gasteiger partial charge in [0, 0.05) is 12.2 Å². The second-order valence-corrected chi connectivity index (χ2v) is 5.76. The molecule has 0 bridgehead atoms. The summed E-state index contributed by atoms with van der Waals surface area (Å²) in [5.41, 5.74) is 5.21. The summed E-state index contributed by atoms with van der Waals surface area (Å²) >= 11 is 12.0. The van der Waals surface area contributed by atoms with Crippen LogP contribution in [0.1, 0.15) is 23.1 Å². The lowest BCUT2D eigenvalue weighted by molar-refractivity contribution is 0.828. The summed E-state index contributed by atoms with van der Waals surface area (Å²) in [6.45, 7) is 1.08. The molecule has 1 nitrogen and oxygen atoms in total. The number of benzene rings is 2. The molecular weight excluding hydrogens is 277 g/mol. The Kier molecular flexibility index (Phi) is 3.67. The third-order valence-corrected chi connectivity index (χ3v) is 4.24. The van der Waals surface area contributed by atoms with Crippen LogP contribution in [0.3, 0.4) is 0 Å². The number of aryl methyl sites for hydroxylation is 1. The quantitative estimate of drug-likeness (QED) is 0.826. The molecule has 0 aromatic heterocycles. The van der Waals surface area contributed by atoms with E-state index in [0.29, 0.717) is 10.0 Å². The maximum absolute atomic E-state index is 6.05. The van der Waals surface area contributed by atoms with Gasteiger partial charge in [0.1, 0.15) is 0 Å². The van der Waals surface area contributed by atoms with Crippen LogP contribution in [0.25, 0.3) is 0 Å². The van der Waals surface area contributed by atoms with Gasteiger partial charge in [-0.3, -0.25) is 0 Å². The van der Waals surface area contributed by atoms with Crippen LogP contribution in [0, 0.1) is 0 Å². The summed E-state index contributed by atoms with van der Waals surface area (Å²) in [7, 11) is 0. The van der Waals surface area contributed by atoms with E-state index in [4.69, 9.17) is 23.2 Å². The number of halogens is 2. The van der Waals surface area contributed by atoms with E-state index in [9.17, 15) is 0 Å². The van der Waals surface area contributed by atoms with Crippen molar-refractivity contribution >= 4 is 28.9 Å². The van der Waals surface area contributed by atoms with Gasteiger partial charge in [-0.1, -0.05) is 41.4 Å². The number of anilines is 1. The number of nitrogens with one attached hydrogen (secondary N) is 1. The Morgan fingerprint density at radius 1 is 0.947 bits per heavy atom. The average molecular weight is 292 g/mol. The van der Waals surface area contributed by atoms with Crippen molar-refractivity contribution < 1.29 is 0 Å². The van der Waals surface area contributed by atoms with E-state index < -0.39 is 0 Å². The standard InChI is InChI=1S/C16H15Cl2N/c17-14-5-3-12(10-15(14)18)8-11-4-6-16-13(9-11)2-1-7-19-16/h3-6,9-10,19H,1-2,7-8H2. The van der Waals surface area contributed by atoms with Gasteiger partial charge in [0.2, 0.25) is 0 Å². The molecular formula is C16H15Cl2N. The van der Waals surface area contributed by atoms with Gasteiger partial charge < -0.3 is 5.32 Å². The maximum atomic E-state index is 6.05. The van der Waals surface area contributed by atoms with Crippen molar-refractivity contribution in [2.75, 3.05) is 11.9 Å². The van der Waals surface area contributed by atoms with Crippen LogP contribution in [0.15, 0.2) is 36.4 Å². The average Bonchev–Trinajstić information content (AvgIpc) is 2.43. The summed E-state index contributed by atoms with van der Waals surface area (Å²) in [4.78, 5) is 0. The molecule has 2 aromatic rings. The number of hydrogen-bond donors (Lipinski definition) is 1. The van der Waals surface area contributed by atoms with Crippen LogP contribution in [0.4, 0.5) is 5.69 Å². The minimum Gasteiger partial charge on any atom is -0.385 e. The highest BCUT2D eigenvalue weighted by Gasteiger charge is 2.09. The molecule has 0 atom stereocenters. The van der Waals surface area contributed by atoms with Crippen molar-refractivity contribution in [3.63, 3.8) is 0 Å². The fourth-order valence-corrected chi connectivity index (χ4v) is 2.84. The lowest BCUT2D eigenvalue weighted by Gasteiger charge is -2.18. The fourth-order valence-electron chi connectivity index (χ4n) is 2.52. The van der Waals surface area contributed by atoms with E-state index >= 15 is 0 Å². The second kappa shape index (κ2) is 5.44. The van der Waals surface area contributed by atoms with E-state index in [0.717, 1.165) is 19.4 Å². The highest BCUT2D eigenvalue weighted by molar-refractivity contribution is 6.42. The van der Waals surface area contributed by atoms with Crippen LogP contribution < -0.4 is 5.32 Å². The van der Waals surface area contributed by atoms with Crippen molar-refractivity contribution in [3.8, 4) is 0 Å². The first-order valence-electron chi connectivity index (χ1n) is 6.52. The molecule has 98 valence electrons. The van der Waals surface area contributed by atoms with Gasteiger partial charge in [-0.15, -0.1) is 0 Å². The second-order valence-electron chi connectivity index (χ2n) is 4.95. The highest BCUT2D eigenvalue weighted by atomic mass is 35.5. The Morgan fingerprint density at radius 2 is 1.74 bits per heavy atom. The van der Waals surface area contributed by atoms with E-state index in [1.54, 1.807) is 0 Å². The van der Waals surface area contributed by atoms with E-state index in [1.807, 2.05) is 18.2 Å². The highest BCUT2D eigenvalue weighted by Crippen LogP contribution is 2.26. The molecule has 0 spiro atoms. The molecule has 3 rings (SSSR count). The number of fused-ring (bicyclic) bond motifs is 1. The van der Waals surface area contributed by atoms with Crippen molar-refractivity contribution in [1.29, 1.82) is 0 Å². The molecule has 19 heavy (non-hydrogen) atoms. The Balaban J connectivity index is 1.84. The zero-order valence-electron chi connectivity index (χ0n) is 10.5. The minimum absolute atomic E-state index is 0.611. The molecule has 0 saturated heterocycles. The lowest BCUT2D eigenvalue weighted by atomic mass is 9.97. The van der Waals surface area contributed by atoms with Crippen LogP contribution >= 0.6 is 23.2 Å². The van der Waals surface area contributed by atoms with Gasteiger partial charge in [0.15, 0.2) is 0 Å². The summed E-state index contributed by atoms with van der Waals surface area (Å²) in [6.07, 6.45) is 3.27. The minimum atomic E-state index is 0.611. The molecule has 3 heteroatoms. The van der Waals surface area contributed by atoms with Crippen LogP contribution in [-0.4, -0.2) is 6.54 Å². The first kappa shape index (κ1) is 12.8.